The van der Waals surface area contributed by atoms with E-state index < -0.39 is 0 Å². The average molecular weight is 424 g/mol. The quantitative estimate of drug-likeness (QED) is 0.486. The number of hydrogen-bond acceptors (Lipinski definition) is 5. The Morgan fingerprint density at radius 3 is 2.48 bits per heavy atom. The molecule has 0 radical (unpaired) electrons. The van der Waals surface area contributed by atoms with Crippen LogP contribution in [-0.4, -0.2) is 36.5 Å². The molecular weight excluding hydrogens is 394 g/mol. The van der Waals surface area contributed by atoms with E-state index in [0.29, 0.717) is 25.3 Å². The van der Waals surface area contributed by atoms with Crippen LogP contribution in [-0.2, 0) is 16.1 Å². The number of benzene rings is 2. The van der Waals surface area contributed by atoms with Crippen LogP contribution in [0.25, 0.3) is 0 Å². The Morgan fingerprint density at radius 1 is 1.06 bits per heavy atom. The van der Waals surface area contributed by atoms with E-state index in [1.54, 1.807) is 19.2 Å². The normalized spacial score (nSPS) is 19.0. The van der Waals surface area contributed by atoms with Crippen molar-refractivity contribution in [3.05, 3.63) is 53.6 Å². The van der Waals surface area contributed by atoms with Crippen molar-refractivity contribution in [2.45, 2.75) is 57.6 Å². The molecule has 0 spiro atoms. The molecule has 164 valence electrons. The van der Waals surface area contributed by atoms with Gasteiger partial charge in [0.05, 0.1) is 13.2 Å². The fourth-order valence-corrected chi connectivity index (χ4v) is 4.42. The van der Waals surface area contributed by atoms with Crippen molar-refractivity contribution in [2.24, 2.45) is 0 Å². The largest absolute Gasteiger partial charge is 0.493 e. The Kier molecular flexibility index (Phi) is 6.44. The lowest BCUT2D eigenvalue weighted by atomic mass is 9.98. The number of methoxy groups -OCH3 is 1. The van der Waals surface area contributed by atoms with Gasteiger partial charge in [0.25, 0.3) is 0 Å². The molecule has 1 aliphatic heterocycles. The molecule has 4 rings (SSSR count). The molecule has 1 unspecified atom stereocenters. The van der Waals surface area contributed by atoms with Gasteiger partial charge in [-0.25, -0.2) is 0 Å². The van der Waals surface area contributed by atoms with E-state index in [4.69, 9.17) is 14.2 Å². The van der Waals surface area contributed by atoms with Gasteiger partial charge in [0.1, 0.15) is 5.75 Å². The lowest BCUT2D eigenvalue weighted by molar-refractivity contribution is -0.132. The van der Waals surface area contributed by atoms with Crippen molar-refractivity contribution in [2.75, 3.05) is 13.7 Å². The predicted octanol–water partition coefficient (Wildman–Crippen LogP) is 4.46. The zero-order valence-corrected chi connectivity index (χ0v) is 18.1. The van der Waals surface area contributed by atoms with Gasteiger partial charge in [-0.1, -0.05) is 18.2 Å². The van der Waals surface area contributed by atoms with Crippen LogP contribution in [0, 0.1) is 0 Å². The number of nitrogens with zero attached hydrogens (tertiary/aromatic N) is 1. The minimum Gasteiger partial charge on any atom is -0.493 e. The molecule has 6 nitrogen and oxygen atoms in total. The van der Waals surface area contributed by atoms with Crippen molar-refractivity contribution < 1.29 is 23.8 Å². The molecule has 2 fully saturated rings. The highest BCUT2D eigenvalue weighted by Gasteiger charge is 2.31. The van der Waals surface area contributed by atoms with E-state index in [-0.39, 0.29) is 23.9 Å². The molecule has 0 aromatic heterocycles. The highest BCUT2D eigenvalue weighted by molar-refractivity contribution is 5.80. The van der Waals surface area contributed by atoms with Gasteiger partial charge in [0, 0.05) is 32.4 Å². The maximum atomic E-state index is 12.7. The summed E-state index contributed by atoms with van der Waals surface area (Å²) in [5.41, 5.74) is 2.11. The fraction of sp³-hybridized carbons (Fsp3) is 0.440. The average Bonchev–Trinajstić information content (AvgIpc) is 3.39. The summed E-state index contributed by atoms with van der Waals surface area (Å²) >= 11 is 0. The van der Waals surface area contributed by atoms with Gasteiger partial charge >= 0.3 is 5.97 Å². The van der Waals surface area contributed by atoms with E-state index >= 15 is 0 Å². The van der Waals surface area contributed by atoms with Crippen molar-refractivity contribution in [3.63, 3.8) is 0 Å². The molecule has 6 heteroatoms. The zero-order chi connectivity index (χ0) is 21.8. The predicted molar refractivity (Wildman–Crippen MR) is 116 cm³/mol. The highest BCUT2D eigenvalue weighted by atomic mass is 16.5. The summed E-state index contributed by atoms with van der Waals surface area (Å²) < 4.78 is 16.8. The van der Waals surface area contributed by atoms with Crippen molar-refractivity contribution in [1.29, 1.82) is 0 Å². The number of esters is 1. The Morgan fingerprint density at radius 2 is 1.81 bits per heavy atom. The number of hydrogen-bond donors (Lipinski definition) is 0. The van der Waals surface area contributed by atoms with E-state index in [1.807, 2.05) is 35.2 Å². The van der Waals surface area contributed by atoms with Gasteiger partial charge in [0.2, 0.25) is 5.91 Å². The molecule has 31 heavy (non-hydrogen) atoms. The summed E-state index contributed by atoms with van der Waals surface area (Å²) in [7, 11) is 1.66. The third-order valence-electron chi connectivity index (χ3n) is 6.03. The lowest BCUT2D eigenvalue weighted by Gasteiger charge is -2.19. The third-order valence-corrected chi connectivity index (χ3v) is 6.03. The first-order valence-electron chi connectivity index (χ1n) is 10.9. The topological polar surface area (TPSA) is 65.1 Å². The Bertz CT molecular complexity index is 933. The van der Waals surface area contributed by atoms with E-state index in [1.165, 1.54) is 19.8 Å². The van der Waals surface area contributed by atoms with Gasteiger partial charge in [-0.15, -0.1) is 0 Å². The molecule has 1 aliphatic carbocycles. The number of amides is 1. The fourth-order valence-electron chi connectivity index (χ4n) is 4.42. The molecule has 1 amide bonds. The van der Waals surface area contributed by atoms with Gasteiger partial charge < -0.3 is 19.1 Å². The summed E-state index contributed by atoms with van der Waals surface area (Å²) in [5, 5.41) is 0. The highest BCUT2D eigenvalue weighted by Crippen LogP contribution is 2.37. The lowest BCUT2D eigenvalue weighted by Crippen LogP contribution is -2.24. The van der Waals surface area contributed by atoms with E-state index in [9.17, 15) is 9.59 Å². The number of carbonyl (C=O) groups excluding carboxylic acids is 2. The van der Waals surface area contributed by atoms with Crippen LogP contribution >= 0.6 is 0 Å². The smallest absolute Gasteiger partial charge is 0.308 e. The van der Waals surface area contributed by atoms with Crippen molar-refractivity contribution in [1.82, 2.24) is 4.90 Å². The molecule has 0 N–H and O–H groups in total. The molecule has 0 bridgehead atoms. The molecule has 2 aromatic carbocycles. The first kappa shape index (κ1) is 21.2. The van der Waals surface area contributed by atoms with Gasteiger partial charge in [-0.2, -0.15) is 0 Å². The molecule has 1 heterocycles. The van der Waals surface area contributed by atoms with Crippen molar-refractivity contribution >= 4 is 11.9 Å². The third kappa shape index (κ3) is 5.19. The van der Waals surface area contributed by atoms with Gasteiger partial charge in [-0.05, 0) is 61.1 Å². The Labute approximate surface area is 183 Å². The van der Waals surface area contributed by atoms with Crippen LogP contribution < -0.4 is 14.2 Å². The number of likely N-dealkylation sites (tertiary alicyclic amines) is 1. The first-order valence-corrected chi connectivity index (χ1v) is 10.9. The maximum Gasteiger partial charge on any atom is 0.308 e. The monoisotopic (exact) mass is 423 g/mol. The summed E-state index contributed by atoms with van der Waals surface area (Å²) in [4.78, 5) is 25.6. The van der Waals surface area contributed by atoms with Crippen LogP contribution in [0.3, 0.4) is 0 Å². The molecule has 1 saturated carbocycles. The van der Waals surface area contributed by atoms with Gasteiger partial charge in [-0.3, -0.25) is 9.59 Å². The SMILES string of the molecule is COc1ccc(C2CC(=O)N(Cc3ccc(OC(C)=O)cc3)C2)cc1OC1CCCC1. The zero-order valence-electron chi connectivity index (χ0n) is 18.1. The van der Waals surface area contributed by atoms with Crippen LogP contribution in [0.2, 0.25) is 0 Å². The molecule has 2 aromatic rings. The molecule has 2 aliphatic rings. The Balaban J connectivity index is 1.43. The second kappa shape index (κ2) is 9.41. The second-order valence-electron chi connectivity index (χ2n) is 8.35. The first-order chi connectivity index (χ1) is 15.0. The Hall–Kier alpha value is -3.02. The summed E-state index contributed by atoms with van der Waals surface area (Å²) in [6, 6.07) is 13.3. The van der Waals surface area contributed by atoms with Crippen molar-refractivity contribution in [3.8, 4) is 17.2 Å². The second-order valence-corrected chi connectivity index (χ2v) is 8.35. The summed E-state index contributed by atoms with van der Waals surface area (Å²) in [6.07, 6.45) is 5.32. The summed E-state index contributed by atoms with van der Waals surface area (Å²) in [5.74, 6) is 1.95. The summed E-state index contributed by atoms with van der Waals surface area (Å²) in [6.45, 7) is 2.58. The van der Waals surface area contributed by atoms with Crippen LogP contribution in [0.4, 0.5) is 0 Å². The van der Waals surface area contributed by atoms with Gasteiger partial charge in [0.15, 0.2) is 11.5 Å². The number of ether oxygens (including phenoxy) is 3. The number of rotatable bonds is 7. The minimum absolute atomic E-state index is 0.129. The van der Waals surface area contributed by atoms with E-state index in [2.05, 4.69) is 0 Å². The number of carbonyl (C=O) groups is 2. The molecule has 1 saturated heterocycles. The van der Waals surface area contributed by atoms with Crippen LogP contribution in [0.1, 0.15) is 56.1 Å². The van der Waals surface area contributed by atoms with Crippen LogP contribution in [0.5, 0.6) is 17.2 Å². The van der Waals surface area contributed by atoms with E-state index in [0.717, 1.165) is 35.5 Å². The standard InChI is InChI=1S/C25H29NO5/c1-17(27)30-22-10-7-18(8-11-22)15-26-16-20(14-25(26)28)19-9-12-23(29-2)24(13-19)31-21-5-3-4-6-21/h7-13,20-21H,3-6,14-16H2,1-2H3. The maximum absolute atomic E-state index is 12.7. The van der Waals surface area contributed by atoms with Crippen LogP contribution in [0.15, 0.2) is 42.5 Å². The molecular formula is C25H29NO5. The minimum atomic E-state index is -0.346. The molecule has 1 atom stereocenters.